The molecule has 0 aliphatic carbocycles. The molecule has 2 N–H and O–H groups in total. The summed E-state index contributed by atoms with van der Waals surface area (Å²) in [5, 5.41) is 14.4. The van der Waals surface area contributed by atoms with E-state index in [0.717, 1.165) is 24.2 Å². The Morgan fingerprint density at radius 1 is 1.29 bits per heavy atom. The molecule has 2 bridgehead atoms. The molecule has 3 heteroatoms. The normalized spacial score (nSPS) is 35.9. The van der Waals surface area contributed by atoms with Gasteiger partial charge in [-0.25, -0.2) is 0 Å². The Morgan fingerprint density at radius 2 is 2.00 bits per heavy atom. The third kappa shape index (κ3) is 1.94. The Balaban J connectivity index is 1.91. The van der Waals surface area contributed by atoms with Crippen molar-refractivity contribution in [2.24, 2.45) is 0 Å². The van der Waals surface area contributed by atoms with Crippen molar-refractivity contribution in [2.45, 2.75) is 43.4 Å². The number of fused-ring (bicyclic) bond motifs is 2. The summed E-state index contributed by atoms with van der Waals surface area (Å²) in [4.78, 5) is 0. The van der Waals surface area contributed by atoms with E-state index < -0.39 is 5.60 Å². The van der Waals surface area contributed by atoms with Crippen LogP contribution in [-0.2, 0) is 5.60 Å². The third-order valence-electron chi connectivity index (χ3n) is 4.11. The standard InChI is InChI=1S/C14H19NO2/c1-17-13-4-2-3-10(7-13)14(16)8-11-5-6-12(9-14)15-11/h2-4,7,11-12,15-16H,5-6,8-9H2,1H3. The maximum Gasteiger partial charge on any atom is 0.119 e. The molecule has 2 fully saturated rings. The predicted molar refractivity (Wildman–Crippen MR) is 66.1 cm³/mol. The minimum absolute atomic E-state index is 0.477. The molecule has 3 rings (SSSR count). The zero-order valence-electron chi connectivity index (χ0n) is 10.1. The van der Waals surface area contributed by atoms with Gasteiger partial charge in [0.15, 0.2) is 0 Å². The number of ether oxygens (including phenoxy) is 1. The molecule has 2 atom stereocenters. The summed E-state index contributed by atoms with van der Waals surface area (Å²) in [5.74, 6) is 0.821. The maximum atomic E-state index is 10.8. The smallest absolute Gasteiger partial charge is 0.119 e. The van der Waals surface area contributed by atoms with E-state index in [1.807, 2.05) is 24.3 Å². The first-order valence-corrected chi connectivity index (χ1v) is 6.32. The van der Waals surface area contributed by atoms with Crippen molar-refractivity contribution >= 4 is 0 Å². The number of benzene rings is 1. The van der Waals surface area contributed by atoms with Gasteiger partial charge in [0, 0.05) is 12.1 Å². The lowest BCUT2D eigenvalue weighted by molar-refractivity contribution is -0.0116. The second-order valence-electron chi connectivity index (χ2n) is 5.31. The summed E-state index contributed by atoms with van der Waals surface area (Å²) in [6.45, 7) is 0. The molecule has 2 aliphatic heterocycles. The van der Waals surface area contributed by atoms with Gasteiger partial charge >= 0.3 is 0 Å². The van der Waals surface area contributed by atoms with Crippen LogP contribution in [0.4, 0.5) is 0 Å². The number of hydrogen-bond acceptors (Lipinski definition) is 3. The van der Waals surface area contributed by atoms with Crippen molar-refractivity contribution < 1.29 is 9.84 Å². The second-order valence-corrected chi connectivity index (χ2v) is 5.31. The summed E-state index contributed by atoms with van der Waals surface area (Å²) in [6, 6.07) is 8.80. The van der Waals surface area contributed by atoms with Gasteiger partial charge in [-0.2, -0.15) is 0 Å². The average molecular weight is 233 g/mol. The fourth-order valence-corrected chi connectivity index (χ4v) is 3.27. The van der Waals surface area contributed by atoms with E-state index in [4.69, 9.17) is 4.74 Å². The van der Waals surface area contributed by atoms with Gasteiger partial charge in [-0.15, -0.1) is 0 Å². The van der Waals surface area contributed by atoms with Crippen molar-refractivity contribution in [3.8, 4) is 5.75 Å². The molecule has 0 radical (unpaired) electrons. The summed E-state index contributed by atoms with van der Waals surface area (Å²) < 4.78 is 5.23. The van der Waals surface area contributed by atoms with E-state index in [0.29, 0.717) is 12.1 Å². The first-order valence-electron chi connectivity index (χ1n) is 6.32. The molecule has 0 spiro atoms. The van der Waals surface area contributed by atoms with E-state index in [1.165, 1.54) is 12.8 Å². The molecule has 1 aromatic rings. The number of nitrogens with one attached hydrogen (secondary N) is 1. The largest absolute Gasteiger partial charge is 0.497 e. The van der Waals surface area contributed by atoms with Crippen LogP contribution in [0.2, 0.25) is 0 Å². The lowest BCUT2D eigenvalue weighted by Gasteiger charge is -2.37. The molecule has 3 nitrogen and oxygen atoms in total. The molecule has 17 heavy (non-hydrogen) atoms. The maximum absolute atomic E-state index is 10.8. The van der Waals surface area contributed by atoms with Crippen LogP contribution in [0.1, 0.15) is 31.2 Å². The average Bonchev–Trinajstić information content (AvgIpc) is 2.69. The Hall–Kier alpha value is -1.06. The molecule has 2 aliphatic rings. The van der Waals surface area contributed by atoms with E-state index in [1.54, 1.807) is 7.11 Å². The zero-order chi connectivity index (χ0) is 11.9. The van der Waals surface area contributed by atoms with Crippen LogP contribution < -0.4 is 10.1 Å². The molecule has 2 saturated heterocycles. The minimum Gasteiger partial charge on any atom is -0.497 e. The highest BCUT2D eigenvalue weighted by Gasteiger charge is 2.43. The van der Waals surface area contributed by atoms with E-state index in [-0.39, 0.29) is 0 Å². The molecule has 92 valence electrons. The quantitative estimate of drug-likeness (QED) is 0.818. The van der Waals surface area contributed by atoms with Crippen molar-refractivity contribution in [1.82, 2.24) is 5.32 Å². The van der Waals surface area contributed by atoms with Crippen LogP contribution >= 0.6 is 0 Å². The van der Waals surface area contributed by atoms with Crippen LogP contribution in [-0.4, -0.2) is 24.3 Å². The van der Waals surface area contributed by atoms with Gasteiger partial charge in [0.05, 0.1) is 12.7 Å². The van der Waals surface area contributed by atoms with Crippen LogP contribution in [0.5, 0.6) is 5.75 Å². The van der Waals surface area contributed by atoms with Crippen LogP contribution in [0.25, 0.3) is 0 Å². The van der Waals surface area contributed by atoms with Crippen molar-refractivity contribution in [3.05, 3.63) is 29.8 Å². The predicted octanol–water partition coefficient (Wildman–Crippen LogP) is 1.80. The third-order valence-corrected chi connectivity index (χ3v) is 4.11. The number of aliphatic hydroxyl groups is 1. The van der Waals surface area contributed by atoms with Gasteiger partial charge in [-0.05, 0) is 43.4 Å². The topological polar surface area (TPSA) is 41.5 Å². The van der Waals surface area contributed by atoms with Gasteiger partial charge in [0.25, 0.3) is 0 Å². The Labute approximate surface area is 102 Å². The first kappa shape index (κ1) is 11.1. The first-order chi connectivity index (χ1) is 8.19. The van der Waals surface area contributed by atoms with Crippen LogP contribution in [0.3, 0.4) is 0 Å². The number of piperidine rings is 1. The molecule has 0 saturated carbocycles. The SMILES string of the molecule is COc1cccc(C2(O)CC3CCC(C2)N3)c1. The fourth-order valence-electron chi connectivity index (χ4n) is 3.27. The van der Waals surface area contributed by atoms with Crippen molar-refractivity contribution in [3.63, 3.8) is 0 Å². The highest BCUT2D eigenvalue weighted by molar-refractivity contribution is 5.33. The number of hydrogen-bond donors (Lipinski definition) is 2. The molecule has 2 heterocycles. The van der Waals surface area contributed by atoms with Gasteiger partial charge in [0.2, 0.25) is 0 Å². The van der Waals surface area contributed by atoms with Gasteiger partial charge in [0.1, 0.15) is 5.75 Å². The monoisotopic (exact) mass is 233 g/mol. The molecule has 2 unspecified atom stereocenters. The van der Waals surface area contributed by atoms with E-state index >= 15 is 0 Å². The lowest BCUT2D eigenvalue weighted by Crippen LogP contribution is -2.46. The Bertz CT molecular complexity index is 406. The second kappa shape index (κ2) is 4.00. The molecule has 1 aromatic carbocycles. The molecule has 0 amide bonds. The van der Waals surface area contributed by atoms with Crippen molar-refractivity contribution in [2.75, 3.05) is 7.11 Å². The molecular formula is C14H19NO2. The Kier molecular flexibility index (Phi) is 2.60. The molecule has 0 aromatic heterocycles. The summed E-state index contributed by atoms with van der Waals surface area (Å²) in [7, 11) is 1.66. The van der Waals surface area contributed by atoms with Gasteiger partial charge < -0.3 is 15.2 Å². The Morgan fingerprint density at radius 3 is 2.65 bits per heavy atom. The van der Waals surface area contributed by atoms with E-state index in [2.05, 4.69) is 5.32 Å². The number of rotatable bonds is 2. The van der Waals surface area contributed by atoms with Crippen LogP contribution in [0, 0.1) is 0 Å². The van der Waals surface area contributed by atoms with Crippen molar-refractivity contribution in [1.29, 1.82) is 0 Å². The van der Waals surface area contributed by atoms with Gasteiger partial charge in [-0.3, -0.25) is 0 Å². The minimum atomic E-state index is -0.675. The summed E-state index contributed by atoms with van der Waals surface area (Å²) in [5.41, 5.74) is 0.321. The summed E-state index contributed by atoms with van der Waals surface area (Å²) in [6.07, 6.45) is 4.02. The zero-order valence-corrected chi connectivity index (χ0v) is 10.1. The van der Waals surface area contributed by atoms with Crippen LogP contribution in [0.15, 0.2) is 24.3 Å². The highest BCUT2D eigenvalue weighted by atomic mass is 16.5. The van der Waals surface area contributed by atoms with Gasteiger partial charge in [-0.1, -0.05) is 12.1 Å². The molecular weight excluding hydrogens is 214 g/mol. The fraction of sp³-hybridized carbons (Fsp3) is 0.571. The van der Waals surface area contributed by atoms with E-state index in [9.17, 15) is 5.11 Å². The highest BCUT2D eigenvalue weighted by Crippen LogP contribution is 2.41. The summed E-state index contributed by atoms with van der Waals surface area (Å²) >= 11 is 0. The lowest BCUT2D eigenvalue weighted by atomic mass is 9.81. The number of methoxy groups -OCH3 is 1.